The molecule has 6 atom stereocenters. The summed E-state index contributed by atoms with van der Waals surface area (Å²) in [7, 11) is -2.80. The third-order valence-electron chi connectivity index (χ3n) is 21.9. The summed E-state index contributed by atoms with van der Waals surface area (Å²) < 4.78 is 79.7. The standard InChI is InChI=1S/C23H39N2O4PS.C19H32O.2C13H15NO4.C12H17N2O3PS.C8H10.6C4H8.2CH4.2H3N.2H2O/c1-2-3-4-5-6-7-8-9-10-13-19-29-21-16-11-12-17-22(21)31(27,28)24-23(26)20-15-14-18-25(20)30;1-3-4-5-6-7-8-9-10-11-14-17-20-19-16-13-12-15-18(19)2;2*15-12(16)11-7-4-8-14(11)13(17)18-9-10-5-2-1-3-6-10;1-9-5-2-3-7-11(9)19(16,17)13-12(15)10-6-4-8-14(10)18;1-7-5-3-4-6-8(7)2;6*1-3-4-2;;;;;;/h11-12,16-17,20H,2-10,13-15,18-19,30H2,1H3,(H,24,26);12-13,15-16H,3-11,14,17H2,1-2H3;2*1-3,5-6,11H,4,7-9H2,(H,15,16);2-3,5,7,10H,4,6,8,18H2,1H3,(H,13,15);3-6H,1-2H3;6*3H,1,4H2,2H3;2*1H4;2*1H3;2*1H2/t20-;;2*11-;10-;;;;;;;;;;;;;/m0.000............./s1. The summed E-state index contributed by atoms with van der Waals surface area (Å²) in [5, 5.41) is 17.9. The van der Waals surface area contributed by atoms with E-state index < -0.39 is 74.1 Å². The molecule has 4 fully saturated rings. The first-order valence-electron chi connectivity index (χ1n) is 50.1. The first-order valence-corrected chi connectivity index (χ1v) is 54.1. The number of likely N-dealkylation sites (tertiary alicyclic amines) is 2. The first-order chi connectivity index (χ1) is 66.4. The molecule has 30 heteroatoms. The highest BCUT2D eigenvalue weighted by Crippen LogP contribution is 2.29. The summed E-state index contributed by atoms with van der Waals surface area (Å²) in [5.74, 6) is -1.54. The molecule has 0 aliphatic carbocycles. The maximum absolute atomic E-state index is 12.8. The van der Waals surface area contributed by atoms with E-state index in [1.54, 1.807) is 52.7 Å². The van der Waals surface area contributed by atoms with Gasteiger partial charge in [-0.2, -0.15) is 0 Å². The van der Waals surface area contributed by atoms with Crippen molar-refractivity contribution >= 4 is 74.8 Å². The molecule has 0 bridgehead atoms. The monoisotopic (exact) mass is 2090 g/mol. The van der Waals surface area contributed by atoms with Crippen molar-refractivity contribution in [2.24, 2.45) is 0 Å². The van der Waals surface area contributed by atoms with Gasteiger partial charge in [0, 0.05) is 26.2 Å². The van der Waals surface area contributed by atoms with Crippen molar-refractivity contribution in [3.63, 3.8) is 0 Å². The molecule has 4 aliphatic rings. The van der Waals surface area contributed by atoms with Crippen LogP contribution in [0.15, 0.2) is 243 Å². The van der Waals surface area contributed by atoms with Gasteiger partial charge in [0.05, 0.1) is 30.2 Å². The third-order valence-corrected chi connectivity index (χ3v) is 26.0. The average molecular weight is 2090 g/mol. The largest absolute Gasteiger partial charge is 0.493 e. The molecule has 6 aromatic rings. The summed E-state index contributed by atoms with van der Waals surface area (Å²) in [6, 6.07) is 46.1. The number of allylic oxidation sites excluding steroid dienone is 6. The van der Waals surface area contributed by atoms with Crippen molar-refractivity contribution in [2.45, 2.75) is 363 Å². The number of nitrogens with one attached hydrogen (secondary N) is 2. The topological polar surface area (TPSA) is 418 Å². The quantitative estimate of drug-likeness (QED) is 0.0118. The number of amides is 4. The maximum atomic E-state index is 12.8. The summed E-state index contributed by atoms with van der Waals surface area (Å²) in [6.07, 6.45) is 48.2. The molecule has 2 unspecified atom stereocenters. The molecule has 820 valence electrons. The normalized spacial score (nSPS) is 14.1. The van der Waals surface area contributed by atoms with Crippen LogP contribution in [0.4, 0.5) is 9.59 Å². The summed E-state index contributed by atoms with van der Waals surface area (Å²) in [5.41, 5.74) is 6.37. The van der Waals surface area contributed by atoms with Gasteiger partial charge in [-0.3, -0.25) is 28.7 Å². The lowest BCUT2D eigenvalue weighted by atomic mass is 10.1. The van der Waals surface area contributed by atoms with Crippen molar-refractivity contribution in [1.29, 1.82) is 0 Å². The lowest BCUT2D eigenvalue weighted by Gasteiger charge is -2.20. The van der Waals surface area contributed by atoms with Gasteiger partial charge in [-0.1, -0.05) is 375 Å². The number of rotatable bonds is 42. The fraction of sp³-hybridized carbons (Fsp3) is 0.526. The van der Waals surface area contributed by atoms with E-state index in [1.165, 1.54) is 154 Å². The van der Waals surface area contributed by atoms with E-state index in [0.29, 0.717) is 69.5 Å². The molecule has 4 amide bonds. The first kappa shape index (κ1) is 150. The number of hydrogen-bond donors (Lipinski definition) is 6. The molecule has 4 heterocycles. The number of benzene rings is 6. The van der Waals surface area contributed by atoms with Crippen LogP contribution >= 0.6 is 18.8 Å². The second-order valence-corrected chi connectivity index (χ2v) is 38.1. The van der Waals surface area contributed by atoms with Crippen LogP contribution in [0.1, 0.15) is 322 Å². The Morgan fingerprint density at radius 3 is 0.889 bits per heavy atom. The molecule has 0 aromatic heterocycles. The van der Waals surface area contributed by atoms with Crippen molar-refractivity contribution in [2.75, 3.05) is 39.4 Å². The van der Waals surface area contributed by atoms with Crippen LogP contribution in [0.25, 0.3) is 0 Å². The van der Waals surface area contributed by atoms with E-state index in [1.807, 2.05) is 103 Å². The van der Waals surface area contributed by atoms with Gasteiger partial charge in [-0.05, 0) is 188 Å². The predicted molar refractivity (Wildman–Crippen MR) is 611 cm³/mol. The van der Waals surface area contributed by atoms with E-state index in [4.69, 9.17) is 29.2 Å². The molecule has 14 N–H and O–H groups in total. The minimum absolute atomic E-state index is 0. The molecular formula is C114H194N8O18P2S2. The van der Waals surface area contributed by atoms with Gasteiger partial charge in [0.15, 0.2) is 0 Å². The number of nitrogens with zero attached hydrogens (tertiary/aromatic N) is 4. The number of aryl methyl sites for hydroxylation is 4. The Morgan fingerprint density at radius 1 is 0.354 bits per heavy atom. The minimum Gasteiger partial charge on any atom is -0.493 e. The van der Waals surface area contributed by atoms with Crippen molar-refractivity contribution in [1.82, 2.24) is 40.9 Å². The second-order valence-electron chi connectivity index (χ2n) is 33.5. The lowest BCUT2D eigenvalue weighted by Crippen LogP contribution is -2.42. The van der Waals surface area contributed by atoms with E-state index in [2.05, 4.69) is 186 Å². The van der Waals surface area contributed by atoms with Crippen LogP contribution in [0.2, 0.25) is 0 Å². The molecule has 4 aliphatic heterocycles. The number of carboxylic acid groups (broad SMARTS) is 2. The number of carbonyl (C=O) groups is 6. The van der Waals surface area contributed by atoms with Crippen LogP contribution in [0, 0.1) is 27.7 Å². The van der Waals surface area contributed by atoms with Gasteiger partial charge in [0.2, 0.25) is 0 Å². The number of unbranched alkanes of at least 4 members (excludes halogenated alkanes) is 18. The predicted octanol–water partition coefficient (Wildman–Crippen LogP) is 27.9. The zero-order chi connectivity index (χ0) is 103. The number of carbonyl (C=O) groups excluding carboxylic acids is 4. The number of hydrogen-bond acceptors (Lipinski definition) is 18. The molecule has 0 spiro atoms. The molecule has 10 rings (SSSR count). The van der Waals surface area contributed by atoms with Gasteiger partial charge >= 0.3 is 24.1 Å². The van der Waals surface area contributed by atoms with Gasteiger partial charge in [-0.25, -0.2) is 45.5 Å². The summed E-state index contributed by atoms with van der Waals surface area (Å²) in [4.78, 5) is 72.6. The Kier molecular flexibility index (Phi) is 102. The number of para-hydroxylation sites is 2. The van der Waals surface area contributed by atoms with E-state index >= 15 is 0 Å². The Labute approximate surface area is 877 Å². The van der Waals surface area contributed by atoms with Crippen molar-refractivity contribution in [3.8, 4) is 11.5 Å². The summed E-state index contributed by atoms with van der Waals surface area (Å²) in [6.45, 7) is 49.9. The SMILES string of the molecule is C.C.C=CCC.C=CCC.C=CCC.C=CCC.C=CCC.C=CCC.CCCCCCCCCCCCOc1ccccc1C.CCCCCCCCCCCCOc1ccccc1S(=O)(=O)NC(=O)[C@@H]1CCCN1P.Cc1ccccc1C.Cc1ccccc1S(=O)(=O)NC(=O)[C@@H]1CCCN1P.N.N.O.O.O=C(O)[C@@H]1CCCN1C(=O)OCc1ccccc1.O=C(O)[C@@H]1CCCN1C(=O)OCc1ccccc1. The van der Waals surface area contributed by atoms with Crippen LogP contribution in [0.3, 0.4) is 0 Å². The van der Waals surface area contributed by atoms with Gasteiger partial charge < -0.3 is 52.4 Å². The lowest BCUT2D eigenvalue weighted by molar-refractivity contribution is -0.142. The maximum Gasteiger partial charge on any atom is 0.410 e. The fourth-order valence-corrected chi connectivity index (χ4v) is 16.7. The number of ether oxygens (including phenoxy) is 4. The average Bonchev–Trinajstić information content (AvgIpc) is 1.44. The molecule has 6 aromatic carbocycles. The Morgan fingerprint density at radius 2 is 0.604 bits per heavy atom. The highest BCUT2D eigenvalue weighted by Gasteiger charge is 2.37. The van der Waals surface area contributed by atoms with Crippen LogP contribution in [-0.4, -0.2) is 157 Å². The van der Waals surface area contributed by atoms with E-state index in [-0.39, 0.29) is 67.2 Å². The molecule has 4 saturated heterocycles. The van der Waals surface area contributed by atoms with Gasteiger partial charge in [-0.15, -0.1) is 39.5 Å². The molecule has 144 heavy (non-hydrogen) atoms. The van der Waals surface area contributed by atoms with Crippen molar-refractivity contribution < 1.29 is 85.7 Å². The Balaban J connectivity index is -0.000000248. The summed E-state index contributed by atoms with van der Waals surface area (Å²) >= 11 is 0. The number of sulfonamides is 2. The fourth-order valence-electron chi connectivity index (χ4n) is 13.3. The number of aliphatic carboxylic acids is 2. The van der Waals surface area contributed by atoms with Gasteiger partial charge in [0.25, 0.3) is 31.9 Å². The van der Waals surface area contributed by atoms with E-state index in [9.17, 15) is 45.6 Å². The minimum atomic E-state index is -3.98. The highest BCUT2D eigenvalue weighted by molar-refractivity contribution is 7.90. The smallest absolute Gasteiger partial charge is 0.410 e. The zero-order valence-electron chi connectivity index (χ0n) is 88.5. The van der Waals surface area contributed by atoms with E-state index in [0.717, 1.165) is 101 Å². The van der Waals surface area contributed by atoms with Crippen LogP contribution < -0.4 is 31.2 Å². The highest BCUT2D eigenvalue weighted by atomic mass is 32.2. The molecule has 26 nitrogen and oxygen atoms in total. The van der Waals surface area contributed by atoms with Crippen LogP contribution in [-0.2, 0) is 61.9 Å². The molecular weight excluding hydrogens is 1900 g/mol. The Bertz CT molecular complexity index is 4340. The molecule has 0 radical (unpaired) electrons. The molecule has 0 saturated carbocycles. The van der Waals surface area contributed by atoms with Crippen molar-refractivity contribution in [3.05, 3.63) is 267 Å². The zero-order valence-corrected chi connectivity index (χ0v) is 92.5. The third kappa shape index (κ3) is 71.7. The number of carboxylic acids is 2. The van der Waals surface area contributed by atoms with Gasteiger partial charge in [0.1, 0.15) is 41.7 Å². The second kappa shape index (κ2) is 98.0. The Hall–Kier alpha value is -9.70. The van der Waals surface area contributed by atoms with Crippen LogP contribution in [0.5, 0.6) is 11.5 Å².